The number of hydrogen-bond acceptors (Lipinski definition) is 3. The molecule has 18 heavy (non-hydrogen) atoms. The Balaban J connectivity index is 0.00000289. The van der Waals surface area contributed by atoms with Crippen LogP contribution in [-0.2, 0) is 4.79 Å². The van der Waals surface area contributed by atoms with Gasteiger partial charge in [-0.3, -0.25) is 4.79 Å². The predicted octanol–water partition coefficient (Wildman–Crippen LogP) is 1.30. The van der Waals surface area contributed by atoms with Gasteiger partial charge in [-0.1, -0.05) is 29.8 Å². The first-order valence-corrected chi connectivity index (χ1v) is 5.62. The molecule has 0 saturated carbocycles. The average molecular weight is 273 g/mol. The Morgan fingerprint density at radius 1 is 1.39 bits per heavy atom. The summed E-state index contributed by atoms with van der Waals surface area (Å²) in [6.07, 6.45) is -0.707. The summed E-state index contributed by atoms with van der Waals surface area (Å²) in [5, 5.41) is 12.5. The first-order chi connectivity index (χ1) is 7.80. The molecule has 1 atom stereocenters. The minimum Gasteiger partial charge on any atom is -0.387 e. The SMILES string of the molecule is Cc1ccc(C(O)CNC(=O)C(C)(C)N)cc1.Cl. The van der Waals surface area contributed by atoms with E-state index in [0.717, 1.165) is 11.1 Å². The molecular weight excluding hydrogens is 252 g/mol. The second-order valence-corrected chi connectivity index (χ2v) is 4.86. The van der Waals surface area contributed by atoms with E-state index in [1.807, 2.05) is 31.2 Å². The number of hydrogen-bond donors (Lipinski definition) is 3. The summed E-state index contributed by atoms with van der Waals surface area (Å²) in [5.74, 6) is -0.274. The second-order valence-electron chi connectivity index (χ2n) is 4.86. The number of aliphatic hydroxyl groups excluding tert-OH is 1. The normalized spacial score (nSPS) is 12.5. The van der Waals surface area contributed by atoms with Crippen molar-refractivity contribution in [3.8, 4) is 0 Å². The van der Waals surface area contributed by atoms with E-state index in [2.05, 4.69) is 5.32 Å². The van der Waals surface area contributed by atoms with Gasteiger partial charge in [-0.2, -0.15) is 0 Å². The van der Waals surface area contributed by atoms with Crippen LogP contribution in [0.4, 0.5) is 0 Å². The Bertz CT molecular complexity index is 385. The van der Waals surface area contributed by atoms with E-state index in [0.29, 0.717) is 0 Å². The lowest BCUT2D eigenvalue weighted by atomic mass is 10.1. The van der Waals surface area contributed by atoms with Gasteiger partial charge in [0.2, 0.25) is 5.91 Å². The molecule has 0 heterocycles. The number of aryl methyl sites for hydroxylation is 1. The fourth-order valence-corrected chi connectivity index (χ4v) is 1.32. The maximum Gasteiger partial charge on any atom is 0.239 e. The lowest BCUT2D eigenvalue weighted by Crippen LogP contribution is -2.49. The van der Waals surface area contributed by atoms with Gasteiger partial charge >= 0.3 is 0 Å². The van der Waals surface area contributed by atoms with Crippen molar-refractivity contribution in [2.45, 2.75) is 32.4 Å². The third kappa shape index (κ3) is 5.04. The molecule has 0 bridgehead atoms. The van der Waals surface area contributed by atoms with Crippen LogP contribution in [0.25, 0.3) is 0 Å². The Morgan fingerprint density at radius 2 is 1.89 bits per heavy atom. The second kappa shape index (κ2) is 6.73. The summed E-state index contributed by atoms with van der Waals surface area (Å²) in [7, 11) is 0. The quantitative estimate of drug-likeness (QED) is 0.773. The monoisotopic (exact) mass is 272 g/mol. The van der Waals surface area contributed by atoms with E-state index in [9.17, 15) is 9.90 Å². The van der Waals surface area contributed by atoms with E-state index in [-0.39, 0.29) is 24.9 Å². The van der Waals surface area contributed by atoms with Crippen molar-refractivity contribution >= 4 is 18.3 Å². The molecule has 5 heteroatoms. The van der Waals surface area contributed by atoms with Crippen molar-refractivity contribution in [1.82, 2.24) is 5.32 Å². The van der Waals surface area contributed by atoms with E-state index < -0.39 is 11.6 Å². The zero-order chi connectivity index (χ0) is 13.1. The fraction of sp³-hybridized carbons (Fsp3) is 0.462. The molecule has 102 valence electrons. The number of halogens is 1. The van der Waals surface area contributed by atoms with Crippen LogP contribution in [0.2, 0.25) is 0 Å². The summed E-state index contributed by atoms with van der Waals surface area (Å²) < 4.78 is 0. The molecule has 0 aliphatic heterocycles. The molecule has 1 aromatic rings. The van der Waals surface area contributed by atoms with Crippen LogP contribution in [0.5, 0.6) is 0 Å². The van der Waals surface area contributed by atoms with Crippen LogP contribution >= 0.6 is 12.4 Å². The van der Waals surface area contributed by atoms with Crippen LogP contribution in [0.1, 0.15) is 31.1 Å². The molecule has 0 fully saturated rings. The lowest BCUT2D eigenvalue weighted by molar-refractivity contribution is -0.125. The zero-order valence-electron chi connectivity index (χ0n) is 10.9. The molecule has 0 saturated heterocycles. The van der Waals surface area contributed by atoms with Crippen molar-refractivity contribution in [1.29, 1.82) is 0 Å². The standard InChI is InChI=1S/C13H20N2O2.ClH/c1-9-4-6-10(7-5-9)11(16)8-15-12(17)13(2,3)14;/h4-7,11,16H,8,14H2,1-3H3,(H,15,17);1H. The van der Waals surface area contributed by atoms with Gasteiger partial charge in [-0.15, -0.1) is 12.4 Å². The number of amides is 1. The topological polar surface area (TPSA) is 75.3 Å². The molecular formula is C13H21ClN2O2. The number of rotatable bonds is 4. The van der Waals surface area contributed by atoms with Crippen LogP contribution in [0.15, 0.2) is 24.3 Å². The highest BCUT2D eigenvalue weighted by Crippen LogP contribution is 2.12. The van der Waals surface area contributed by atoms with Crippen LogP contribution in [0.3, 0.4) is 0 Å². The van der Waals surface area contributed by atoms with Gasteiger partial charge in [0.05, 0.1) is 11.6 Å². The third-order valence-electron chi connectivity index (χ3n) is 2.50. The molecule has 1 rings (SSSR count). The smallest absolute Gasteiger partial charge is 0.239 e. The van der Waals surface area contributed by atoms with Crippen molar-refractivity contribution < 1.29 is 9.90 Å². The summed E-state index contributed by atoms with van der Waals surface area (Å²) in [6.45, 7) is 5.40. The predicted molar refractivity (Wildman–Crippen MR) is 74.7 cm³/mol. The first kappa shape index (κ1) is 16.9. The van der Waals surface area contributed by atoms with Gasteiger partial charge in [0.25, 0.3) is 0 Å². The summed E-state index contributed by atoms with van der Waals surface area (Å²) in [6, 6.07) is 7.54. The Morgan fingerprint density at radius 3 is 2.33 bits per heavy atom. The third-order valence-corrected chi connectivity index (χ3v) is 2.50. The maximum atomic E-state index is 11.5. The van der Waals surface area contributed by atoms with E-state index >= 15 is 0 Å². The highest BCUT2D eigenvalue weighted by Gasteiger charge is 2.22. The van der Waals surface area contributed by atoms with Crippen molar-refractivity contribution in [3.63, 3.8) is 0 Å². The molecule has 0 aliphatic carbocycles. The Labute approximate surface area is 114 Å². The largest absolute Gasteiger partial charge is 0.387 e. The van der Waals surface area contributed by atoms with Crippen molar-refractivity contribution in [3.05, 3.63) is 35.4 Å². The summed E-state index contributed by atoms with van der Waals surface area (Å²) in [5.41, 5.74) is 6.62. The number of nitrogens with one attached hydrogen (secondary N) is 1. The number of carbonyl (C=O) groups is 1. The number of carbonyl (C=O) groups excluding carboxylic acids is 1. The fourth-order valence-electron chi connectivity index (χ4n) is 1.32. The van der Waals surface area contributed by atoms with E-state index in [4.69, 9.17) is 5.73 Å². The van der Waals surface area contributed by atoms with Crippen LogP contribution < -0.4 is 11.1 Å². The Hall–Kier alpha value is -1.10. The van der Waals surface area contributed by atoms with Gasteiger partial charge in [0, 0.05) is 6.54 Å². The molecule has 0 radical (unpaired) electrons. The minimum atomic E-state index is -0.924. The zero-order valence-corrected chi connectivity index (χ0v) is 11.8. The summed E-state index contributed by atoms with van der Waals surface area (Å²) in [4.78, 5) is 11.5. The molecule has 0 aliphatic rings. The molecule has 0 aromatic heterocycles. The lowest BCUT2D eigenvalue weighted by Gasteiger charge is -2.19. The van der Waals surface area contributed by atoms with E-state index in [1.165, 1.54) is 0 Å². The highest BCUT2D eigenvalue weighted by molar-refractivity contribution is 5.85. The van der Waals surface area contributed by atoms with Gasteiger partial charge < -0.3 is 16.2 Å². The van der Waals surface area contributed by atoms with Gasteiger partial charge in [-0.05, 0) is 26.3 Å². The molecule has 1 aromatic carbocycles. The summed E-state index contributed by atoms with van der Waals surface area (Å²) >= 11 is 0. The van der Waals surface area contributed by atoms with E-state index in [1.54, 1.807) is 13.8 Å². The van der Waals surface area contributed by atoms with Gasteiger partial charge in [0.1, 0.15) is 0 Å². The van der Waals surface area contributed by atoms with Crippen LogP contribution in [-0.4, -0.2) is 23.1 Å². The first-order valence-electron chi connectivity index (χ1n) is 5.62. The van der Waals surface area contributed by atoms with Crippen molar-refractivity contribution in [2.75, 3.05) is 6.54 Å². The van der Waals surface area contributed by atoms with Crippen molar-refractivity contribution in [2.24, 2.45) is 5.73 Å². The van der Waals surface area contributed by atoms with Gasteiger partial charge in [-0.25, -0.2) is 0 Å². The van der Waals surface area contributed by atoms with Crippen LogP contribution in [0, 0.1) is 6.92 Å². The average Bonchev–Trinajstić information content (AvgIpc) is 2.25. The number of nitrogens with two attached hydrogens (primary N) is 1. The molecule has 1 unspecified atom stereocenters. The maximum absolute atomic E-state index is 11.5. The molecule has 4 N–H and O–H groups in total. The highest BCUT2D eigenvalue weighted by atomic mass is 35.5. The Kier molecular flexibility index (Phi) is 6.32. The number of benzene rings is 1. The molecule has 0 spiro atoms. The molecule has 1 amide bonds. The number of aliphatic hydroxyl groups is 1. The molecule has 4 nitrogen and oxygen atoms in total. The minimum absolute atomic E-state index is 0. The van der Waals surface area contributed by atoms with Gasteiger partial charge in [0.15, 0.2) is 0 Å².